The number of anilines is 2. The number of aromatic nitrogens is 2. The smallest absolute Gasteiger partial charge is 0.417 e. The van der Waals surface area contributed by atoms with Crippen molar-refractivity contribution in [3.8, 4) is 17.5 Å². The number of pyridine rings is 2. The number of carbonyl (C=O) groups is 1. The molecule has 8 nitrogen and oxygen atoms in total. The van der Waals surface area contributed by atoms with E-state index in [0.29, 0.717) is 28.9 Å². The molecular formula is C19H20N4O4. The number of hydrogen-bond acceptors (Lipinski definition) is 7. The lowest BCUT2D eigenvalue weighted by Crippen LogP contribution is -2.16. The predicted octanol–water partition coefficient (Wildman–Crippen LogP) is 3.37. The number of ether oxygens (including phenoxy) is 3. The van der Waals surface area contributed by atoms with Crippen LogP contribution in [-0.4, -0.2) is 30.3 Å². The number of para-hydroxylation sites is 1. The molecule has 0 aliphatic rings. The second-order valence-electron chi connectivity index (χ2n) is 5.05. The van der Waals surface area contributed by atoms with Gasteiger partial charge in [-0.2, -0.15) is 0 Å². The second kappa shape index (κ2) is 10.2. The first-order valence-corrected chi connectivity index (χ1v) is 7.90. The Morgan fingerprint density at radius 1 is 0.889 bits per heavy atom. The molecule has 0 aliphatic carbocycles. The van der Waals surface area contributed by atoms with Crippen molar-refractivity contribution in [1.82, 2.24) is 9.97 Å². The van der Waals surface area contributed by atoms with Crippen molar-refractivity contribution in [3.05, 3.63) is 67.0 Å². The fourth-order valence-electron chi connectivity index (χ4n) is 1.83. The molecule has 2 heterocycles. The van der Waals surface area contributed by atoms with Gasteiger partial charge < -0.3 is 19.9 Å². The van der Waals surface area contributed by atoms with Crippen LogP contribution in [0.4, 0.5) is 16.2 Å². The highest BCUT2D eigenvalue weighted by Crippen LogP contribution is 2.13. The molecule has 0 unspecified atom stereocenters. The van der Waals surface area contributed by atoms with Crippen molar-refractivity contribution in [2.75, 3.05) is 25.3 Å². The third-order valence-corrected chi connectivity index (χ3v) is 3.11. The lowest BCUT2D eigenvalue weighted by atomic mass is 10.3. The maximum absolute atomic E-state index is 11.5. The zero-order valence-corrected chi connectivity index (χ0v) is 15.0. The molecule has 3 aromatic rings. The van der Waals surface area contributed by atoms with Crippen LogP contribution in [0, 0.1) is 0 Å². The molecule has 0 aliphatic heterocycles. The van der Waals surface area contributed by atoms with E-state index in [0.717, 1.165) is 0 Å². The van der Waals surface area contributed by atoms with Gasteiger partial charge in [0.15, 0.2) is 0 Å². The van der Waals surface area contributed by atoms with Crippen molar-refractivity contribution in [2.24, 2.45) is 0 Å². The van der Waals surface area contributed by atoms with Crippen LogP contribution in [0.25, 0.3) is 0 Å². The standard InChI is InChI=1S/C13H12N2O3.C6H8N2O/c1-17-12-8-7-10(9-14-12)15-13(16)18-11-5-3-2-4-6-11;1-9-6-3-2-5(7)4-8-6/h2-9H,1H3,(H,15,16);2-4H,7H2,1H3. The van der Waals surface area contributed by atoms with E-state index < -0.39 is 6.09 Å². The van der Waals surface area contributed by atoms with Crippen LogP contribution in [0.5, 0.6) is 17.5 Å². The third kappa shape index (κ3) is 6.91. The summed E-state index contributed by atoms with van der Waals surface area (Å²) in [7, 11) is 3.09. The Kier molecular flexibility index (Phi) is 7.40. The fraction of sp³-hybridized carbons (Fsp3) is 0.105. The quantitative estimate of drug-likeness (QED) is 0.726. The number of methoxy groups -OCH3 is 2. The van der Waals surface area contributed by atoms with Crippen LogP contribution >= 0.6 is 0 Å². The van der Waals surface area contributed by atoms with Gasteiger partial charge in [-0.05, 0) is 24.3 Å². The van der Waals surface area contributed by atoms with Gasteiger partial charge in [-0.3, -0.25) is 5.32 Å². The number of carbonyl (C=O) groups excluding carboxylic acids is 1. The number of nitrogens with one attached hydrogen (secondary N) is 1. The van der Waals surface area contributed by atoms with Crippen molar-refractivity contribution in [3.63, 3.8) is 0 Å². The monoisotopic (exact) mass is 368 g/mol. The molecule has 0 spiro atoms. The highest BCUT2D eigenvalue weighted by Gasteiger charge is 2.05. The molecule has 0 atom stereocenters. The summed E-state index contributed by atoms with van der Waals surface area (Å²) in [4.78, 5) is 19.4. The third-order valence-electron chi connectivity index (χ3n) is 3.11. The van der Waals surface area contributed by atoms with Crippen molar-refractivity contribution in [1.29, 1.82) is 0 Å². The summed E-state index contributed by atoms with van der Waals surface area (Å²) in [6.45, 7) is 0. The molecule has 3 N–H and O–H groups in total. The number of benzene rings is 1. The molecule has 140 valence electrons. The molecule has 1 aromatic carbocycles. The number of rotatable bonds is 4. The van der Waals surface area contributed by atoms with E-state index in [2.05, 4.69) is 15.3 Å². The summed E-state index contributed by atoms with van der Waals surface area (Å²) >= 11 is 0. The molecule has 0 radical (unpaired) electrons. The molecule has 0 saturated carbocycles. The van der Waals surface area contributed by atoms with Gasteiger partial charge in [-0.15, -0.1) is 0 Å². The average molecular weight is 368 g/mol. The Hall–Kier alpha value is -3.81. The summed E-state index contributed by atoms with van der Waals surface area (Å²) in [5.74, 6) is 1.55. The Morgan fingerprint density at radius 2 is 1.52 bits per heavy atom. The van der Waals surface area contributed by atoms with E-state index in [1.165, 1.54) is 13.3 Å². The summed E-state index contributed by atoms with van der Waals surface area (Å²) in [6, 6.07) is 15.6. The number of nitrogens with two attached hydrogens (primary N) is 1. The molecule has 3 rings (SSSR count). The normalized spacial score (nSPS) is 9.41. The Bertz CT molecular complexity index is 825. The van der Waals surface area contributed by atoms with Crippen LogP contribution in [-0.2, 0) is 0 Å². The first-order chi connectivity index (χ1) is 13.1. The summed E-state index contributed by atoms with van der Waals surface area (Å²) in [5.41, 5.74) is 6.55. The maximum atomic E-state index is 11.5. The van der Waals surface area contributed by atoms with E-state index in [9.17, 15) is 4.79 Å². The van der Waals surface area contributed by atoms with Gasteiger partial charge in [0, 0.05) is 12.1 Å². The zero-order valence-electron chi connectivity index (χ0n) is 15.0. The minimum atomic E-state index is -0.562. The maximum Gasteiger partial charge on any atom is 0.417 e. The molecule has 0 bridgehead atoms. The van der Waals surface area contributed by atoms with Gasteiger partial charge in [-0.1, -0.05) is 18.2 Å². The van der Waals surface area contributed by atoms with Crippen LogP contribution in [0.2, 0.25) is 0 Å². The van der Waals surface area contributed by atoms with Gasteiger partial charge in [0.2, 0.25) is 11.8 Å². The van der Waals surface area contributed by atoms with Crippen LogP contribution in [0.1, 0.15) is 0 Å². The number of nitrogen functional groups attached to an aromatic ring is 1. The largest absolute Gasteiger partial charge is 0.481 e. The van der Waals surface area contributed by atoms with Crippen LogP contribution in [0.15, 0.2) is 67.0 Å². The van der Waals surface area contributed by atoms with Crippen molar-refractivity contribution < 1.29 is 19.0 Å². The highest BCUT2D eigenvalue weighted by atomic mass is 16.6. The Morgan fingerprint density at radius 3 is 2.04 bits per heavy atom. The summed E-state index contributed by atoms with van der Waals surface area (Å²) < 4.78 is 14.8. The van der Waals surface area contributed by atoms with E-state index in [1.807, 2.05) is 6.07 Å². The number of hydrogen-bond donors (Lipinski definition) is 2. The lowest BCUT2D eigenvalue weighted by Gasteiger charge is -2.06. The second-order valence-corrected chi connectivity index (χ2v) is 5.05. The van der Waals surface area contributed by atoms with Gasteiger partial charge in [-0.25, -0.2) is 14.8 Å². The molecule has 1 amide bonds. The first-order valence-electron chi connectivity index (χ1n) is 7.90. The molecule has 2 aromatic heterocycles. The lowest BCUT2D eigenvalue weighted by molar-refractivity contribution is 0.215. The fourth-order valence-corrected chi connectivity index (χ4v) is 1.83. The van der Waals surface area contributed by atoms with E-state index in [1.54, 1.807) is 61.8 Å². The van der Waals surface area contributed by atoms with Crippen LogP contribution < -0.4 is 25.3 Å². The zero-order chi connectivity index (χ0) is 19.5. The van der Waals surface area contributed by atoms with Crippen molar-refractivity contribution >= 4 is 17.5 Å². The van der Waals surface area contributed by atoms with E-state index in [4.69, 9.17) is 19.9 Å². The predicted molar refractivity (Wildman–Crippen MR) is 102 cm³/mol. The Balaban J connectivity index is 0.000000244. The number of nitrogens with zero attached hydrogens (tertiary/aromatic N) is 2. The minimum Gasteiger partial charge on any atom is -0.481 e. The summed E-state index contributed by atoms with van der Waals surface area (Å²) in [5, 5.41) is 2.56. The first kappa shape index (κ1) is 19.5. The van der Waals surface area contributed by atoms with Crippen molar-refractivity contribution in [2.45, 2.75) is 0 Å². The SMILES string of the molecule is COc1ccc(N)cn1.COc1ccc(NC(=O)Oc2ccccc2)cn1. The highest BCUT2D eigenvalue weighted by molar-refractivity contribution is 5.86. The van der Waals surface area contributed by atoms with Crippen LogP contribution in [0.3, 0.4) is 0 Å². The molecule has 0 fully saturated rings. The van der Waals surface area contributed by atoms with Gasteiger partial charge >= 0.3 is 6.09 Å². The Labute approximate surface area is 156 Å². The molecule has 8 heteroatoms. The topological polar surface area (TPSA) is 109 Å². The van der Waals surface area contributed by atoms with Gasteiger partial charge in [0.1, 0.15) is 5.75 Å². The summed E-state index contributed by atoms with van der Waals surface area (Å²) in [6.07, 6.45) is 2.48. The molecule has 0 saturated heterocycles. The van der Waals surface area contributed by atoms with Gasteiger partial charge in [0.05, 0.1) is 38.0 Å². The van der Waals surface area contributed by atoms with Gasteiger partial charge in [0.25, 0.3) is 0 Å². The van der Waals surface area contributed by atoms with E-state index in [-0.39, 0.29) is 0 Å². The average Bonchev–Trinajstić information content (AvgIpc) is 2.70. The number of amides is 1. The molecule has 27 heavy (non-hydrogen) atoms. The molecular weight excluding hydrogens is 348 g/mol. The van der Waals surface area contributed by atoms with E-state index >= 15 is 0 Å². The minimum absolute atomic E-state index is 0.483.